The standard InChI is InChI=1S/C7H9N5O2/c1-3(2)6-9-7(13-12-6)4-5(8)11-14-10-4/h3H,1-2H3,(H2,8,11). The molecule has 0 aliphatic carbocycles. The SMILES string of the molecule is CC(C)c1noc(-c2nonc2N)n1. The van der Waals surface area contributed by atoms with E-state index in [4.69, 9.17) is 10.3 Å². The van der Waals surface area contributed by atoms with E-state index in [0.29, 0.717) is 5.82 Å². The molecule has 2 heterocycles. The summed E-state index contributed by atoms with van der Waals surface area (Å²) in [6, 6.07) is 0. The van der Waals surface area contributed by atoms with Gasteiger partial charge in [0.2, 0.25) is 11.5 Å². The molecule has 2 aromatic rings. The van der Waals surface area contributed by atoms with E-state index < -0.39 is 0 Å². The molecule has 2 N–H and O–H groups in total. The molecule has 14 heavy (non-hydrogen) atoms. The van der Waals surface area contributed by atoms with Gasteiger partial charge in [-0.05, 0) is 10.3 Å². The smallest absolute Gasteiger partial charge is 0.284 e. The Hall–Kier alpha value is -1.92. The summed E-state index contributed by atoms with van der Waals surface area (Å²) in [7, 11) is 0. The number of hydrogen-bond acceptors (Lipinski definition) is 7. The van der Waals surface area contributed by atoms with Crippen LogP contribution in [0.5, 0.6) is 0 Å². The third-order valence-corrected chi connectivity index (χ3v) is 1.67. The van der Waals surface area contributed by atoms with Gasteiger partial charge in [0.05, 0.1) is 0 Å². The van der Waals surface area contributed by atoms with Gasteiger partial charge in [0.25, 0.3) is 5.89 Å². The second kappa shape index (κ2) is 3.09. The molecule has 7 heteroatoms. The van der Waals surface area contributed by atoms with Gasteiger partial charge in [-0.3, -0.25) is 0 Å². The highest BCUT2D eigenvalue weighted by Crippen LogP contribution is 2.21. The number of aromatic nitrogens is 4. The van der Waals surface area contributed by atoms with Crippen LogP contribution in [0.25, 0.3) is 11.6 Å². The second-order valence-electron chi connectivity index (χ2n) is 3.11. The van der Waals surface area contributed by atoms with Gasteiger partial charge >= 0.3 is 0 Å². The fourth-order valence-corrected chi connectivity index (χ4v) is 0.909. The molecular formula is C7H9N5O2. The van der Waals surface area contributed by atoms with Gasteiger partial charge in [-0.1, -0.05) is 19.0 Å². The number of hydrogen-bond donors (Lipinski definition) is 1. The molecule has 0 amide bonds. The summed E-state index contributed by atoms with van der Waals surface area (Å²) in [6.07, 6.45) is 0. The average Bonchev–Trinajstić information content (AvgIpc) is 2.71. The van der Waals surface area contributed by atoms with Crippen molar-refractivity contribution in [1.82, 2.24) is 20.5 Å². The molecule has 0 aliphatic rings. The molecule has 0 fully saturated rings. The van der Waals surface area contributed by atoms with Crippen LogP contribution in [-0.2, 0) is 0 Å². The third-order valence-electron chi connectivity index (χ3n) is 1.67. The highest BCUT2D eigenvalue weighted by molar-refractivity contribution is 5.60. The molecule has 0 bridgehead atoms. The Balaban J connectivity index is 2.39. The summed E-state index contributed by atoms with van der Waals surface area (Å²) in [5.41, 5.74) is 5.74. The number of rotatable bonds is 2. The average molecular weight is 195 g/mol. The number of nitrogens with two attached hydrogens (primary N) is 1. The first-order valence-electron chi connectivity index (χ1n) is 4.10. The largest absolute Gasteiger partial charge is 0.379 e. The summed E-state index contributed by atoms with van der Waals surface area (Å²) >= 11 is 0. The van der Waals surface area contributed by atoms with E-state index >= 15 is 0 Å². The van der Waals surface area contributed by atoms with Crippen LogP contribution in [0.4, 0.5) is 5.82 Å². The lowest BCUT2D eigenvalue weighted by atomic mass is 10.2. The molecule has 0 aromatic carbocycles. The highest BCUT2D eigenvalue weighted by Gasteiger charge is 2.17. The Morgan fingerprint density at radius 3 is 2.50 bits per heavy atom. The fourth-order valence-electron chi connectivity index (χ4n) is 0.909. The molecular weight excluding hydrogens is 186 g/mol. The lowest BCUT2D eigenvalue weighted by Crippen LogP contribution is -1.91. The number of nitrogens with zero attached hydrogens (tertiary/aromatic N) is 4. The Morgan fingerprint density at radius 2 is 2.00 bits per heavy atom. The first-order valence-corrected chi connectivity index (χ1v) is 4.10. The van der Waals surface area contributed by atoms with Crippen molar-refractivity contribution in [2.45, 2.75) is 19.8 Å². The summed E-state index contributed by atoms with van der Waals surface area (Å²) in [5.74, 6) is 1.16. The summed E-state index contributed by atoms with van der Waals surface area (Å²) in [5, 5.41) is 10.7. The Kier molecular flexibility index (Phi) is 1.91. The third kappa shape index (κ3) is 1.32. The van der Waals surface area contributed by atoms with Gasteiger partial charge < -0.3 is 10.3 Å². The van der Waals surface area contributed by atoms with Crippen molar-refractivity contribution in [2.75, 3.05) is 5.73 Å². The molecule has 2 rings (SSSR count). The van der Waals surface area contributed by atoms with E-state index in [-0.39, 0.29) is 23.3 Å². The van der Waals surface area contributed by atoms with Gasteiger partial charge in [-0.2, -0.15) is 4.98 Å². The molecule has 0 radical (unpaired) electrons. The maximum Gasteiger partial charge on any atom is 0.284 e. The number of nitrogen functional groups attached to an aromatic ring is 1. The predicted molar refractivity (Wildman–Crippen MR) is 46.1 cm³/mol. The van der Waals surface area contributed by atoms with Crippen LogP contribution >= 0.6 is 0 Å². The van der Waals surface area contributed by atoms with Crippen molar-refractivity contribution < 1.29 is 9.15 Å². The lowest BCUT2D eigenvalue weighted by molar-refractivity contribution is 0.308. The van der Waals surface area contributed by atoms with E-state index in [1.807, 2.05) is 13.8 Å². The van der Waals surface area contributed by atoms with Gasteiger partial charge in [0, 0.05) is 5.92 Å². The molecule has 0 unspecified atom stereocenters. The normalized spacial score (nSPS) is 11.1. The van der Waals surface area contributed by atoms with E-state index in [9.17, 15) is 0 Å². The van der Waals surface area contributed by atoms with E-state index in [1.54, 1.807) is 0 Å². The fraction of sp³-hybridized carbons (Fsp3) is 0.429. The molecule has 0 saturated carbocycles. The Bertz CT molecular complexity index is 433. The first-order chi connectivity index (χ1) is 6.68. The van der Waals surface area contributed by atoms with E-state index in [2.05, 4.69) is 25.1 Å². The van der Waals surface area contributed by atoms with Crippen molar-refractivity contribution in [3.05, 3.63) is 5.82 Å². The van der Waals surface area contributed by atoms with E-state index in [1.165, 1.54) is 0 Å². The van der Waals surface area contributed by atoms with Crippen LogP contribution in [0.1, 0.15) is 25.6 Å². The zero-order chi connectivity index (χ0) is 10.1. The van der Waals surface area contributed by atoms with Gasteiger partial charge in [0.1, 0.15) is 0 Å². The Morgan fingerprint density at radius 1 is 1.21 bits per heavy atom. The molecule has 0 aliphatic heterocycles. The van der Waals surface area contributed by atoms with E-state index in [0.717, 1.165) is 0 Å². The molecule has 7 nitrogen and oxygen atoms in total. The molecule has 0 spiro atoms. The van der Waals surface area contributed by atoms with Crippen LogP contribution in [0.15, 0.2) is 9.15 Å². The maximum absolute atomic E-state index is 5.46. The van der Waals surface area contributed by atoms with Crippen molar-refractivity contribution in [3.8, 4) is 11.6 Å². The Labute approximate surface area is 79.2 Å². The van der Waals surface area contributed by atoms with Crippen molar-refractivity contribution in [2.24, 2.45) is 0 Å². The first kappa shape index (κ1) is 8.67. The van der Waals surface area contributed by atoms with Crippen molar-refractivity contribution >= 4 is 5.82 Å². The van der Waals surface area contributed by atoms with Crippen molar-refractivity contribution in [3.63, 3.8) is 0 Å². The zero-order valence-electron chi connectivity index (χ0n) is 7.76. The zero-order valence-corrected chi connectivity index (χ0v) is 7.76. The maximum atomic E-state index is 5.46. The summed E-state index contributed by atoms with van der Waals surface area (Å²) < 4.78 is 9.36. The van der Waals surface area contributed by atoms with Crippen LogP contribution in [0.2, 0.25) is 0 Å². The van der Waals surface area contributed by atoms with Crippen LogP contribution < -0.4 is 5.73 Å². The summed E-state index contributed by atoms with van der Waals surface area (Å²) in [4.78, 5) is 4.09. The monoisotopic (exact) mass is 195 g/mol. The topological polar surface area (TPSA) is 104 Å². The predicted octanol–water partition coefficient (Wildman–Crippen LogP) is 0.825. The molecule has 2 aromatic heterocycles. The van der Waals surface area contributed by atoms with Crippen LogP contribution in [0, 0.1) is 0 Å². The quantitative estimate of drug-likeness (QED) is 0.756. The number of anilines is 1. The van der Waals surface area contributed by atoms with Gasteiger partial charge in [-0.25, -0.2) is 4.63 Å². The highest BCUT2D eigenvalue weighted by atomic mass is 16.6. The van der Waals surface area contributed by atoms with Crippen LogP contribution in [-0.4, -0.2) is 20.5 Å². The molecule has 74 valence electrons. The second-order valence-corrected chi connectivity index (χ2v) is 3.11. The minimum atomic E-state index is 0.143. The molecule has 0 saturated heterocycles. The van der Waals surface area contributed by atoms with Crippen LogP contribution in [0.3, 0.4) is 0 Å². The van der Waals surface area contributed by atoms with Crippen molar-refractivity contribution in [1.29, 1.82) is 0 Å². The molecule has 0 atom stereocenters. The minimum absolute atomic E-state index is 0.143. The summed E-state index contributed by atoms with van der Waals surface area (Å²) in [6.45, 7) is 3.91. The lowest BCUT2D eigenvalue weighted by Gasteiger charge is -1.91. The minimum Gasteiger partial charge on any atom is -0.379 e. The van der Waals surface area contributed by atoms with Gasteiger partial charge in [-0.15, -0.1) is 0 Å². The van der Waals surface area contributed by atoms with Gasteiger partial charge in [0.15, 0.2) is 5.82 Å².